The van der Waals surface area contributed by atoms with E-state index in [1.54, 1.807) is 18.2 Å². The zero-order valence-corrected chi connectivity index (χ0v) is 16.5. The molecule has 28 heavy (non-hydrogen) atoms. The summed E-state index contributed by atoms with van der Waals surface area (Å²) in [5.74, 6) is 0.574. The molecule has 4 rings (SSSR count). The average Bonchev–Trinajstić information content (AvgIpc) is 3.46. The second-order valence-electron chi connectivity index (χ2n) is 6.87. The molecule has 0 bridgehead atoms. The number of hydrogen-bond acceptors (Lipinski definition) is 5. The first-order chi connectivity index (χ1) is 13.3. The monoisotopic (exact) mass is 418 g/mol. The van der Waals surface area contributed by atoms with Gasteiger partial charge in [0.15, 0.2) is 0 Å². The molecule has 0 saturated heterocycles. The molecule has 1 aliphatic carbocycles. The molecule has 3 aromatic rings. The molecule has 0 spiro atoms. The van der Waals surface area contributed by atoms with Gasteiger partial charge in [-0.2, -0.15) is 4.98 Å². The molecular weight excluding hydrogens is 400 g/mol. The van der Waals surface area contributed by atoms with Crippen LogP contribution in [0.3, 0.4) is 0 Å². The number of para-hydroxylation sites is 1. The van der Waals surface area contributed by atoms with E-state index < -0.39 is 15.7 Å². The SMILES string of the molecule is NS(=O)(=O)CCNc1nc(=O)n(-c2ccccc2Cl)c2cc(C3CC3)ccc12. The van der Waals surface area contributed by atoms with E-state index in [0.29, 0.717) is 33.3 Å². The lowest BCUT2D eigenvalue weighted by atomic mass is 10.1. The molecule has 7 nitrogen and oxygen atoms in total. The highest BCUT2D eigenvalue weighted by molar-refractivity contribution is 7.89. The highest BCUT2D eigenvalue weighted by Crippen LogP contribution is 2.41. The van der Waals surface area contributed by atoms with Crippen LogP contribution in [0.2, 0.25) is 5.02 Å². The first kappa shape index (κ1) is 18.9. The van der Waals surface area contributed by atoms with Crippen molar-refractivity contribution in [1.82, 2.24) is 9.55 Å². The smallest absolute Gasteiger partial charge is 0.354 e. The predicted molar refractivity (Wildman–Crippen MR) is 111 cm³/mol. The molecule has 1 aromatic heterocycles. The van der Waals surface area contributed by atoms with Gasteiger partial charge in [-0.1, -0.05) is 29.8 Å². The molecular formula is C19H19ClN4O3S. The van der Waals surface area contributed by atoms with Crippen LogP contribution in [0.4, 0.5) is 5.82 Å². The summed E-state index contributed by atoms with van der Waals surface area (Å²) < 4.78 is 23.9. The highest BCUT2D eigenvalue weighted by Gasteiger charge is 2.25. The van der Waals surface area contributed by atoms with Gasteiger partial charge in [0.2, 0.25) is 10.0 Å². The molecule has 3 N–H and O–H groups in total. The summed E-state index contributed by atoms with van der Waals surface area (Å²) in [4.78, 5) is 17.0. The van der Waals surface area contributed by atoms with Crippen molar-refractivity contribution in [3.8, 4) is 5.69 Å². The van der Waals surface area contributed by atoms with Crippen molar-refractivity contribution in [2.75, 3.05) is 17.6 Å². The fraction of sp³-hybridized carbons (Fsp3) is 0.263. The van der Waals surface area contributed by atoms with Crippen LogP contribution in [0.15, 0.2) is 47.3 Å². The Morgan fingerprint density at radius 3 is 2.64 bits per heavy atom. The number of benzene rings is 2. The number of hydrogen-bond donors (Lipinski definition) is 2. The number of aromatic nitrogens is 2. The van der Waals surface area contributed by atoms with Gasteiger partial charge in [0.05, 0.1) is 22.0 Å². The average molecular weight is 419 g/mol. The number of nitrogens with one attached hydrogen (secondary N) is 1. The molecule has 9 heteroatoms. The van der Waals surface area contributed by atoms with E-state index in [2.05, 4.69) is 10.3 Å². The van der Waals surface area contributed by atoms with Crippen LogP contribution < -0.4 is 16.1 Å². The summed E-state index contributed by atoms with van der Waals surface area (Å²) in [6, 6.07) is 13.0. The van der Waals surface area contributed by atoms with Crippen LogP contribution >= 0.6 is 11.6 Å². The van der Waals surface area contributed by atoms with Crippen molar-refractivity contribution in [2.24, 2.45) is 5.14 Å². The summed E-state index contributed by atoms with van der Waals surface area (Å²) in [5, 5.41) is 9.13. The van der Waals surface area contributed by atoms with E-state index in [1.165, 1.54) is 4.57 Å². The van der Waals surface area contributed by atoms with Gasteiger partial charge in [0, 0.05) is 11.9 Å². The Kier molecular flexibility index (Phi) is 4.86. The molecule has 0 unspecified atom stereocenters. The second kappa shape index (κ2) is 7.20. The number of anilines is 1. The summed E-state index contributed by atoms with van der Waals surface area (Å²) >= 11 is 6.34. The van der Waals surface area contributed by atoms with Crippen LogP contribution in [0, 0.1) is 0 Å². The standard InChI is InChI=1S/C19H19ClN4O3S/c20-15-3-1-2-4-16(15)24-17-11-13(12-5-6-12)7-8-14(17)18(23-19(24)25)22-9-10-28(21,26)27/h1-4,7-8,11-12H,5-6,9-10H2,(H2,21,26,27)(H,22,23,25). The Balaban J connectivity index is 1.88. The first-order valence-corrected chi connectivity index (χ1v) is 11.0. The summed E-state index contributed by atoms with van der Waals surface area (Å²) in [7, 11) is -3.62. The van der Waals surface area contributed by atoms with Gasteiger partial charge in [0.1, 0.15) is 5.82 Å². The molecule has 0 radical (unpaired) electrons. The first-order valence-electron chi connectivity index (χ1n) is 8.89. The molecule has 1 aliphatic rings. The minimum absolute atomic E-state index is 0.0564. The number of nitrogens with two attached hydrogens (primary N) is 1. The highest BCUT2D eigenvalue weighted by atomic mass is 35.5. The van der Waals surface area contributed by atoms with Crippen molar-refractivity contribution in [3.05, 3.63) is 63.5 Å². The fourth-order valence-electron chi connectivity index (χ4n) is 3.23. The van der Waals surface area contributed by atoms with E-state index in [4.69, 9.17) is 16.7 Å². The Morgan fingerprint density at radius 2 is 1.96 bits per heavy atom. The van der Waals surface area contributed by atoms with E-state index >= 15 is 0 Å². The summed E-state index contributed by atoms with van der Waals surface area (Å²) in [6.45, 7) is 0.0564. The maximum absolute atomic E-state index is 12.9. The maximum Gasteiger partial charge on any atom is 0.354 e. The van der Waals surface area contributed by atoms with Crippen LogP contribution in [0.1, 0.15) is 24.3 Å². The van der Waals surface area contributed by atoms with E-state index in [9.17, 15) is 13.2 Å². The van der Waals surface area contributed by atoms with E-state index in [-0.39, 0.29) is 12.3 Å². The molecule has 146 valence electrons. The lowest BCUT2D eigenvalue weighted by Gasteiger charge is -2.15. The maximum atomic E-state index is 12.9. The number of halogens is 1. The molecule has 1 fully saturated rings. The van der Waals surface area contributed by atoms with Gasteiger partial charge in [-0.15, -0.1) is 0 Å². The molecule has 1 saturated carbocycles. The Morgan fingerprint density at radius 1 is 1.21 bits per heavy atom. The number of fused-ring (bicyclic) bond motifs is 1. The normalized spacial score (nSPS) is 14.4. The van der Waals surface area contributed by atoms with Crippen molar-refractivity contribution >= 4 is 38.3 Å². The van der Waals surface area contributed by atoms with Crippen LogP contribution in [0.5, 0.6) is 0 Å². The van der Waals surface area contributed by atoms with Crippen molar-refractivity contribution in [1.29, 1.82) is 0 Å². The van der Waals surface area contributed by atoms with E-state index in [1.807, 2.05) is 24.3 Å². The predicted octanol–water partition coefficient (Wildman–Crippen LogP) is 2.62. The number of rotatable bonds is 6. The van der Waals surface area contributed by atoms with Crippen LogP contribution in [0.25, 0.3) is 16.6 Å². The lowest BCUT2D eigenvalue weighted by molar-refractivity contribution is 0.598. The fourth-order valence-corrected chi connectivity index (χ4v) is 3.83. The molecule has 0 amide bonds. The quantitative estimate of drug-likeness (QED) is 0.639. The van der Waals surface area contributed by atoms with Gasteiger partial charge < -0.3 is 5.32 Å². The number of nitrogens with zero attached hydrogens (tertiary/aromatic N) is 2. The summed E-state index contributed by atoms with van der Waals surface area (Å²) in [5.41, 5.74) is 1.90. The van der Waals surface area contributed by atoms with Crippen LogP contribution in [-0.4, -0.2) is 30.3 Å². The van der Waals surface area contributed by atoms with E-state index in [0.717, 1.165) is 18.4 Å². The Labute approximate surface area is 167 Å². The number of primary sulfonamides is 1. The summed E-state index contributed by atoms with van der Waals surface area (Å²) in [6.07, 6.45) is 2.26. The second-order valence-corrected chi connectivity index (χ2v) is 9.02. The molecule has 0 atom stereocenters. The van der Waals surface area contributed by atoms with Gasteiger partial charge in [-0.3, -0.25) is 4.57 Å². The third kappa shape index (κ3) is 3.89. The zero-order chi connectivity index (χ0) is 19.9. The minimum atomic E-state index is -3.62. The van der Waals surface area contributed by atoms with Gasteiger partial charge >= 0.3 is 5.69 Å². The third-order valence-electron chi connectivity index (χ3n) is 4.74. The van der Waals surface area contributed by atoms with Gasteiger partial charge in [0.25, 0.3) is 0 Å². The topological polar surface area (TPSA) is 107 Å². The molecule has 2 aromatic carbocycles. The third-order valence-corrected chi connectivity index (χ3v) is 5.83. The zero-order valence-electron chi connectivity index (χ0n) is 14.9. The largest absolute Gasteiger partial charge is 0.368 e. The Bertz CT molecular complexity index is 1220. The van der Waals surface area contributed by atoms with Crippen molar-refractivity contribution in [2.45, 2.75) is 18.8 Å². The van der Waals surface area contributed by atoms with Crippen molar-refractivity contribution in [3.63, 3.8) is 0 Å². The van der Waals surface area contributed by atoms with Gasteiger partial charge in [-0.25, -0.2) is 18.4 Å². The molecule has 0 aliphatic heterocycles. The molecule has 1 heterocycles. The minimum Gasteiger partial charge on any atom is -0.368 e. The lowest BCUT2D eigenvalue weighted by Crippen LogP contribution is -2.26. The van der Waals surface area contributed by atoms with Gasteiger partial charge in [-0.05, 0) is 48.6 Å². The van der Waals surface area contributed by atoms with Crippen molar-refractivity contribution < 1.29 is 8.42 Å². The Hall–Kier alpha value is -2.42. The van der Waals surface area contributed by atoms with Crippen LogP contribution in [-0.2, 0) is 10.0 Å². The number of sulfonamides is 1.